The lowest BCUT2D eigenvalue weighted by Crippen LogP contribution is -2.67. The Morgan fingerprint density at radius 1 is 0.912 bits per heavy atom. The molecule has 3 atom stereocenters. The third-order valence-electron chi connectivity index (χ3n) is 7.21. The smallest absolute Gasteiger partial charge is 0.218 e. The van der Waals surface area contributed by atoms with Crippen LogP contribution in [-0.4, -0.2) is 66.0 Å². The van der Waals surface area contributed by atoms with Gasteiger partial charge in [0.25, 0.3) is 0 Å². The van der Waals surface area contributed by atoms with Gasteiger partial charge in [-0.05, 0) is 47.7 Å². The Morgan fingerprint density at radius 3 is 2.38 bits per heavy atom. The van der Waals surface area contributed by atoms with Crippen molar-refractivity contribution in [3.05, 3.63) is 90.3 Å². The van der Waals surface area contributed by atoms with Crippen molar-refractivity contribution < 1.29 is 13.5 Å². The summed E-state index contributed by atoms with van der Waals surface area (Å²) < 4.78 is 28.4. The Labute approximate surface area is 201 Å². The van der Waals surface area contributed by atoms with Crippen LogP contribution < -0.4 is 0 Å². The summed E-state index contributed by atoms with van der Waals surface area (Å²) in [5.41, 5.74) is 4.12. The molecule has 2 aromatic carbocycles. The van der Waals surface area contributed by atoms with E-state index in [1.54, 1.807) is 10.5 Å². The topological polar surface area (TPSA) is 73.7 Å². The number of aliphatic hydroxyl groups is 1. The van der Waals surface area contributed by atoms with E-state index in [9.17, 15) is 13.5 Å². The van der Waals surface area contributed by atoms with Gasteiger partial charge in [-0.1, -0.05) is 60.7 Å². The van der Waals surface area contributed by atoms with Gasteiger partial charge in [-0.3, -0.25) is 9.88 Å². The molecule has 0 spiro atoms. The quantitative estimate of drug-likeness (QED) is 0.588. The molecule has 34 heavy (non-hydrogen) atoms. The number of nitrogens with zero attached hydrogens (tertiary/aromatic N) is 3. The molecule has 1 N–H and O–H groups in total. The van der Waals surface area contributed by atoms with Crippen LogP contribution in [-0.2, 0) is 15.8 Å². The van der Waals surface area contributed by atoms with Crippen LogP contribution in [0.5, 0.6) is 0 Å². The Bertz CT molecular complexity index is 1190. The van der Waals surface area contributed by atoms with Crippen LogP contribution in [0, 0.1) is 0 Å². The Hall–Kier alpha value is -2.58. The molecule has 6 nitrogen and oxygen atoms in total. The molecule has 0 aliphatic carbocycles. The first-order chi connectivity index (χ1) is 16.6. The third kappa shape index (κ3) is 4.66. The van der Waals surface area contributed by atoms with Gasteiger partial charge >= 0.3 is 0 Å². The van der Waals surface area contributed by atoms with Crippen LogP contribution in [0.25, 0.3) is 11.1 Å². The molecule has 0 bridgehead atoms. The van der Waals surface area contributed by atoms with Crippen LogP contribution in [0.2, 0.25) is 0 Å². The normalized spacial score (nSPS) is 24.0. The molecule has 0 amide bonds. The number of hydrogen-bond acceptors (Lipinski definition) is 5. The summed E-state index contributed by atoms with van der Waals surface area (Å²) in [5.74, 6) is 0.120. The number of aromatic nitrogens is 1. The molecule has 5 rings (SSSR count). The zero-order valence-corrected chi connectivity index (χ0v) is 20.0. The van der Waals surface area contributed by atoms with Gasteiger partial charge in [0.05, 0.1) is 12.4 Å². The molecule has 7 heteroatoms. The van der Waals surface area contributed by atoms with E-state index >= 15 is 0 Å². The van der Waals surface area contributed by atoms with Gasteiger partial charge in [-0.15, -0.1) is 0 Å². The van der Waals surface area contributed by atoms with Crippen molar-refractivity contribution in [2.75, 3.05) is 26.2 Å². The second kappa shape index (κ2) is 9.96. The van der Waals surface area contributed by atoms with Gasteiger partial charge in [0.15, 0.2) is 0 Å². The van der Waals surface area contributed by atoms with E-state index in [1.165, 1.54) is 0 Å². The molecule has 2 saturated heterocycles. The lowest BCUT2D eigenvalue weighted by Gasteiger charge is -2.57. The van der Waals surface area contributed by atoms with E-state index in [0.717, 1.165) is 41.6 Å². The van der Waals surface area contributed by atoms with Crippen molar-refractivity contribution in [3.63, 3.8) is 0 Å². The summed E-state index contributed by atoms with van der Waals surface area (Å²) in [5, 5.41) is 10.2. The maximum atomic E-state index is 13.3. The number of benzene rings is 2. The first-order valence-corrected chi connectivity index (χ1v) is 13.6. The number of aliphatic hydroxyl groups excluding tert-OH is 1. The summed E-state index contributed by atoms with van der Waals surface area (Å²) in [6, 6.07) is 21.9. The molecule has 0 radical (unpaired) electrons. The van der Waals surface area contributed by atoms with E-state index in [4.69, 9.17) is 0 Å². The Morgan fingerprint density at radius 2 is 1.68 bits per heavy atom. The van der Waals surface area contributed by atoms with E-state index in [1.807, 2.05) is 48.7 Å². The fourth-order valence-electron chi connectivity index (χ4n) is 5.47. The summed E-state index contributed by atoms with van der Waals surface area (Å²) >= 11 is 0. The first kappa shape index (κ1) is 23.2. The minimum Gasteiger partial charge on any atom is -0.395 e. The monoisotopic (exact) mass is 477 g/mol. The summed E-state index contributed by atoms with van der Waals surface area (Å²) in [6.45, 7) is 1.98. The van der Waals surface area contributed by atoms with Gasteiger partial charge in [0.1, 0.15) is 0 Å². The lowest BCUT2D eigenvalue weighted by molar-refractivity contribution is -0.0554. The maximum Gasteiger partial charge on any atom is 0.218 e. The SMILES string of the molecule is O=S(=O)(Cc1ccccc1)N1CCCCN2[C@@H](CO)[C@@H](c3ccc(-c4cccnc4)cc3)[C@@H]2C1. The predicted molar refractivity (Wildman–Crippen MR) is 134 cm³/mol. The van der Waals surface area contributed by atoms with Crippen molar-refractivity contribution in [1.82, 2.24) is 14.2 Å². The first-order valence-electron chi connectivity index (χ1n) is 12.0. The average molecular weight is 478 g/mol. The van der Waals surface area contributed by atoms with E-state index < -0.39 is 10.0 Å². The minimum atomic E-state index is -3.43. The van der Waals surface area contributed by atoms with Gasteiger partial charge in [0, 0.05) is 43.5 Å². The zero-order chi connectivity index (χ0) is 23.5. The Balaban J connectivity index is 1.38. The van der Waals surface area contributed by atoms with Gasteiger partial charge in [-0.25, -0.2) is 12.7 Å². The van der Waals surface area contributed by atoms with E-state index in [-0.39, 0.29) is 30.4 Å². The van der Waals surface area contributed by atoms with Crippen molar-refractivity contribution in [3.8, 4) is 11.1 Å². The van der Waals surface area contributed by atoms with Crippen LogP contribution in [0.4, 0.5) is 0 Å². The molecule has 1 aromatic heterocycles. The molecule has 2 aliphatic heterocycles. The molecule has 2 aliphatic rings. The highest BCUT2D eigenvalue weighted by Crippen LogP contribution is 2.42. The highest BCUT2D eigenvalue weighted by molar-refractivity contribution is 7.88. The number of hydrogen-bond donors (Lipinski definition) is 1. The molecule has 3 aromatic rings. The molecule has 3 heterocycles. The van der Waals surface area contributed by atoms with E-state index in [0.29, 0.717) is 13.1 Å². The van der Waals surface area contributed by atoms with Crippen LogP contribution in [0.15, 0.2) is 79.1 Å². The van der Waals surface area contributed by atoms with Gasteiger partial charge in [0.2, 0.25) is 10.0 Å². The fraction of sp³-hybridized carbons (Fsp3) is 0.370. The lowest BCUT2D eigenvalue weighted by atomic mass is 9.74. The number of fused-ring (bicyclic) bond motifs is 1. The van der Waals surface area contributed by atoms with Crippen molar-refractivity contribution in [2.24, 2.45) is 0 Å². The van der Waals surface area contributed by atoms with Crippen molar-refractivity contribution in [1.29, 1.82) is 0 Å². The second-order valence-corrected chi connectivity index (χ2v) is 11.2. The summed E-state index contributed by atoms with van der Waals surface area (Å²) in [4.78, 5) is 6.51. The molecule has 0 saturated carbocycles. The maximum absolute atomic E-state index is 13.3. The van der Waals surface area contributed by atoms with Gasteiger partial charge < -0.3 is 5.11 Å². The van der Waals surface area contributed by atoms with Crippen LogP contribution >= 0.6 is 0 Å². The van der Waals surface area contributed by atoms with Crippen LogP contribution in [0.3, 0.4) is 0 Å². The highest BCUT2D eigenvalue weighted by Gasteiger charge is 2.50. The summed E-state index contributed by atoms with van der Waals surface area (Å²) in [7, 11) is -3.43. The third-order valence-corrected chi connectivity index (χ3v) is 9.02. The van der Waals surface area contributed by atoms with Crippen LogP contribution in [0.1, 0.15) is 29.9 Å². The number of pyridine rings is 1. The average Bonchev–Trinajstić information content (AvgIpc) is 2.84. The Kier molecular flexibility index (Phi) is 6.79. The van der Waals surface area contributed by atoms with Crippen molar-refractivity contribution >= 4 is 10.0 Å². The standard InChI is InChI=1S/C27H31N3O3S/c31-19-26-27(23-12-10-22(11-13-23)24-9-6-14-28-17-24)25-18-29(15-4-5-16-30(25)26)34(32,33)20-21-7-2-1-3-8-21/h1-3,6-14,17,25-27,31H,4-5,15-16,18-20H2/t25-,26-,27-/m0/s1. The zero-order valence-electron chi connectivity index (χ0n) is 19.2. The number of rotatable bonds is 6. The second-order valence-electron chi connectivity index (χ2n) is 9.25. The summed E-state index contributed by atoms with van der Waals surface area (Å²) in [6.07, 6.45) is 5.37. The highest BCUT2D eigenvalue weighted by atomic mass is 32.2. The molecule has 178 valence electrons. The van der Waals surface area contributed by atoms with E-state index in [2.05, 4.69) is 34.1 Å². The fourth-order valence-corrected chi connectivity index (χ4v) is 7.05. The molecule has 0 unspecified atom stereocenters. The predicted octanol–water partition coefficient (Wildman–Crippen LogP) is 3.50. The van der Waals surface area contributed by atoms with Crippen molar-refractivity contribution in [2.45, 2.75) is 36.6 Å². The molecular formula is C27H31N3O3S. The molecular weight excluding hydrogens is 446 g/mol. The molecule has 2 fully saturated rings. The van der Waals surface area contributed by atoms with Gasteiger partial charge in [-0.2, -0.15) is 0 Å². The minimum absolute atomic E-state index is 0.0195. The number of sulfonamides is 1. The largest absolute Gasteiger partial charge is 0.395 e.